The standard InChI is InChI=1S/C20H21FN2O/c21-17-8-6-7-16(15-17)11-12-20(24)22-18-9-2-3-10-19(18)23-13-4-1-5-14-23/h2-3,6-12,15H,1,4-5,13-14H2,(H,22,24)/b12-11+. The zero-order valence-corrected chi connectivity index (χ0v) is 13.5. The molecule has 0 radical (unpaired) electrons. The third kappa shape index (κ3) is 4.22. The zero-order valence-electron chi connectivity index (χ0n) is 13.5. The highest BCUT2D eigenvalue weighted by Gasteiger charge is 2.14. The van der Waals surface area contributed by atoms with Crippen LogP contribution in [0.2, 0.25) is 0 Å². The maximum atomic E-state index is 13.2. The summed E-state index contributed by atoms with van der Waals surface area (Å²) >= 11 is 0. The second-order valence-corrected chi connectivity index (χ2v) is 5.94. The van der Waals surface area contributed by atoms with Gasteiger partial charge in [0.05, 0.1) is 11.4 Å². The molecular formula is C20H21FN2O. The van der Waals surface area contributed by atoms with Gasteiger partial charge in [0, 0.05) is 19.2 Å². The molecule has 0 bridgehead atoms. The lowest BCUT2D eigenvalue weighted by molar-refractivity contribution is -0.111. The number of carbonyl (C=O) groups is 1. The van der Waals surface area contributed by atoms with Gasteiger partial charge in [-0.25, -0.2) is 4.39 Å². The Balaban J connectivity index is 1.70. The number of carbonyl (C=O) groups excluding carboxylic acids is 1. The van der Waals surface area contributed by atoms with E-state index in [0.29, 0.717) is 5.56 Å². The van der Waals surface area contributed by atoms with E-state index in [2.05, 4.69) is 10.2 Å². The highest BCUT2D eigenvalue weighted by Crippen LogP contribution is 2.28. The molecule has 1 N–H and O–H groups in total. The first-order valence-corrected chi connectivity index (χ1v) is 8.31. The van der Waals surface area contributed by atoms with Gasteiger partial charge in [0.2, 0.25) is 5.91 Å². The fraction of sp³-hybridized carbons (Fsp3) is 0.250. The van der Waals surface area contributed by atoms with E-state index in [9.17, 15) is 9.18 Å². The summed E-state index contributed by atoms with van der Waals surface area (Å²) in [6.45, 7) is 2.04. The predicted octanol–water partition coefficient (Wildman–Crippen LogP) is 4.47. The van der Waals surface area contributed by atoms with Gasteiger partial charge in [0.1, 0.15) is 5.82 Å². The summed E-state index contributed by atoms with van der Waals surface area (Å²) < 4.78 is 13.2. The second-order valence-electron chi connectivity index (χ2n) is 5.94. The van der Waals surface area contributed by atoms with Gasteiger partial charge in [0.15, 0.2) is 0 Å². The zero-order chi connectivity index (χ0) is 16.8. The van der Waals surface area contributed by atoms with Crippen molar-refractivity contribution in [1.82, 2.24) is 0 Å². The molecule has 3 nitrogen and oxygen atoms in total. The van der Waals surface area contributed by atoms with Gasteiger partial charge in [-0.3, -0.25) is 4.79 Å². The minimum Gasteiger partial charge on any atom is -0.370 e. The highest BCUT2D eigenvalue weighted by atomic mass is 19.1. The van der Waals surface area contributed by atoms with Gasteiger partial charge in [-0.1, -0.05) is 24.3 Å². The van der Waals surface area contributed by atoms with Crippen molar-refractivity contribution in [2.45, 2.75) is 19.3 Å². The largest absolute Gasteiger partial charge is 0.370 e. The van der Waals surface area contributed by atoms with Crippen molar-refractivity contribution < 1.29 is 9.18 Å². The van der Waals surface area contributed by atoms with Crippen molar-refractivity contribution in [3.8, 4) is 0 Å². The summed E-state index contributed by atoms with van der Waals surface area (Å²) in [6.07, 6.45) is 6.68. The Morgan fingerprint density at radius 1 is 1.04 bits per heavy atom. The summed E-state index contributed by atoms with van der Waals surface area (Å²) in [4.78, 5) is 14.5. The number of nitrogens with one attached hydrogen (secondary N) is 1. The van der Waals surface area contributed by atoms with Crippen LogP contribution in [-0.4, -0.2) is 19.0 Å². The SMILES string of the molecule is O=C(/C=C/c1cccc(F)c1)Nc1ccccc1N1CCCCC1. The Kier molecular flexibility index (Phi) is 5.26. The maximum Gasteiger partial charge on any atom is 0.248 e. The number of para-hydroxylation sites is 2. The van der Waals surface area contributed by atoms with Crippen LogP contribution in [-0.2, 0) is 4.79 Å². The second kappa shape index (κ2) is 7.77. The summed E-state index contributed by atoms with van der Waals surface area (Å²) in [5, 5.41) is 2.93. The summed E-state index contributed by atoms with van der Waals surface area (Å²) in [5.41, 5.74) is 2.53. The molecule has 2 aromatic carbocycles. The van der Waals surface area contributed by atoms with Gasteiger partial charge in [-0.05, 0) is 55.2 Å². The van der Waals surface area contributed by atoms with Crippen molar-refractivity contribution in [1.29, 1.82) is 0 Å². The van der Waals surface area contributed by atoms with Gasteiger partial charge < -0.3 is 10.2 Å². The van der Waals surface area contributed by atoms with Crippen LogP contribution >= 0.6 is 0 Å². The van der Waals surface area contributed by atoms with Gasteiger partial charge >= 0.3 is 0 Å². The normalized spacial score (nSPS) is 14.8. The molecule has 1 fully saturated rings. The van der Waals surface area contributed by atoms with Crippen LogP contribution < -0.4 is 10.2 Å². The Morgan fingerprint density at radius 2 is 1.83 bits per heavy atom. The lowest BCUT2D eigenvalue weighted by atomic mass is 10.1. The van der Waals surface area contributed by atoms with Crippen molar-refractivity contribution in [2.75, 3.05) is 23.3 Å². The number of nitrogens with zero attached hydrogens (tertiary/aromatic N) is 1. The number of piperidine rings is 1. The van der Waals surface area contributed by atoms with E-state index in [1.807, 2.05) is 24.3 Å². The molecule has 0 saturated carbocycles. The summed E-state index contributed by atoms with van der Waals surface area (Å²) in [6, 6.07) is 14.0. The van der Waals surface area contributed by atoms with E-state index in [1.54, 1.807) is 18.2 Å². The smallest absolute Gasteiger partial charge is 0.248 e. The van der Waals surface area contributed by atoms with Crippen LogP contribution in [0.5, 0.6) is 0 Å². The van der Waals surface area contributed by atoms with Gasteiger partial charge in [-0.2, -0.15) is 0 Å². The first-order chi connectivity index (χ1) is 11.7. The molecular weight excluding hydrogens is 303 g/mol. The van der Waals surface area contributed by atoms with Crippen LogP contribution in [0.4, 0.5) is 15.8 Å². The van der Waals surface area contributed by atoms with Crippen molar-refractivity contribution in [3.05, 3.63) is 66.0 Å². The lowest BCUT2D eigenvalue weighted by Crippen LogP contribution is -2.30. The number of halogens is 1. The third-order valence-electron chi connectivity index (χ3n) is 4.13. The summed E-state index contributed by atoms with van der Waals surface area (Å²) in [5.74, 6) is -0.531. The van der Waals surface area contributed by atoms with Crippen molar-refractivity contribution >= 4 is 23.4 Å². The minimum absolute atomic E-state index is 0.219. The number of hydrogen-bond acceptors (Lipinski definition) is 2. The van der Waals surface area contributed by atoms with Crippen molar-refractivity contribution in [3.63, 3.8) is 0 Å². The number of hydrogen-bond donors (Lipinski definition) is 1. The number of benzene rings is 2. The molecule has 1 saturated heterocycles. The fourth-order valence-electron chi connectivity index (χ4n) is 2.95. The molecule has 1 aliphatic heterocycles. The molecule has 1 heterocycles. The van der Waals surface area contributed by atoms with Crippen LogP contribution in [0, 0.1) is 5.82 Å². The molecule has 2 aromatic rings. The molecule has 24 heavy (non-hydrogen) atoms. The monoisotopic (exact) mass is 324 g/mol. The molecule has 3 rings (SSSR count). The van der Waals surface area contributed by atoms with E-state index in [1.165, 1.54) is 37.5 Å². The van der Waals surface area contributed by atoms with Crippen LogP contribution in [0.1, 0.15) is 24.8 Å². The molecule has 0 unspecified atom stereocenters. The van der Waals surface area contributed by atoms with E-state index in [-0.39, 0.29) is 11.7 Å². The molecule has 4 heteroatoms. The van der Waals surface area contributed by atoms with Crippen LogP contribution in [0.25, 0.3) is 6.08 Å². The average molecular weight is 324 g/mol. The first-order valence-electron chi connectivity index (χ1n) is 8.31. The fourth-order valence-corrected chi connectivity index (χ4v) is 2.95. The van der Waals surface area contributed by atoms with Crippen LogP contribution in [0.15, 0.2) is 54.6 Å². The average Bonchev–Trinajstić information content (AvgIpc) is 2.61. The first kappa shape index (κ1) is 16.2. The van der Waals surface area contributed by atoms with E-state index in [4.69, 9.17) is 0 Å². The quantitative estimate of drug-likeness (QED) is 0.842. The highest BCUT2D eigenvalue weighted by molar-refractivity contribution is 6.03. The van der Waals surface area contributed by atoms with Gasteiger partial charge in [0.25, 0.3) is 0 Å². The van der Waals surface area contributed by atoms with E-state index in [0.717, 1.165) is 24.5 Å². The van der Waals surface area contributed by atoms with Gasteiger partial charge in [-0.15, -0.1) is 0 Å². The lowest BCUT2D eigenvalue weighted by Gasteiger charge is -2.30. The predicted molar refractivity (Wildman–Crippen MR) is 96.6 cm³/mol. The third-order valence-corrected chi connectivity index (χ3v) is 4.13. The molecule has 1 amide bonds. The number of amides is 1. The van der Waals surface area contributed by atoms with Crippen LogP contribution in [0.3, 0.4) is 0 Å². The number of anilines is 2. The Bertz CT molecular complexity index is 736. The Labute approximate surface area is 141 Å². The molecule has 0 spiro atoms. The molecule has 0 aromatic heterocycles. The number of rotatable bonds is 4. The Morgan fingerprint density at radius 3 is 2.62 bits per heavy atom. The van der Waals surface area contributed by atoms with E-state index < -0.39 is 0 Å². The Hall–Kier alpha value is -2.62. The topological polar surface area (TPSA) is 32.3 Å². The van der Waals surface area contributed by atoms with E-state index >= 15 is 0 Å². The molecule has 0 atom stereocenters. The minimum atomic E-state index is -0.312. The molecule has 124 valence electrons. The maximum absolute atomic E-state index is 13.2. The molecule has 0 aliphatic carbocycles. The summed E-state index contributed by atoms with van der Waals surface area (Å²) in [7, 11) is 0. The van der Waals surface area contributed by atoms with Crippen molar-refractivity contribution in [2.24, 2.45) is 0 Å². The molecule has 1 aliphatic rings.